The van der Waals surface area contributed by atoms with Crippen LogP contribution in [-0.4, -0.2) is 36.1 Å². The highest BCUT2D eigenvalue weighted by Gasteiger charge is 2.20. The lowest BCUT2D eigenvalue weighted by molar-refractivity contribution is -0.115. The van der Waals surface area contributed by atoms with Crippen molar-refractivity contribution < 1.29 is 9.21 Å². The van der Waals surface area contributed by atoms with Crippen molar-refractivity contribution in [2.75, 3.05) is 5.32 Å². The highest BCUT2D eigenvalue weighted by atomic mass is 32.2. The summed E-state index contributed by atoms with van der Waals surface area (Å²) in [6.45, 7) is 5.78. The Morgan fingerprint density at radius 3 is 2.80 bits per heavy atom. The molecule has 3 heterocycles. The Bertz CT molecular complexity index is 845. The summed E-state index contributed by atoms with van der Waals surface area (Å²) >= 11 is 1.20. The Kier molecular flexibility index (Phi) is 5.13. The normalized spacial score (nSPS) is 12.3. The van der Waals surface area contributed by atoms with Gasteiger partial charge in [0.25, 0.3) is 5.22 Å². The van der Waals surface area contributed by atoms with Gasteiger partial charge in [0.05, 0.1) is 17.0 Å². The van der Waals surface area contributed by atoms with Crippen LogP contribution in [0.5, 0.6) is 0 Å². The number of nitrogens with zero attached hydrogens (tertiary/aromatic N) is 5. The van der Waals surface area contributed by atoms with Crippen LogP contribution >= 0.6 is 11.8 Å². The topological polar surface area (TPSA) is 98.7 Å². The molecule has 25 heavy (non-hydrogen) atoms. The molecule has 0 unspecified atom stereocenters. The van der Waals surface area contributed by atoms with E-state index in [-0.39, 0.29) is 11.9 Å². The third-order valence-corrected chi connectivity index (χ3v) is 4.31. The molecule has 0 saturated heterocycles. The van der Waals surface area contributed by atoms with Gasteiger partial charge in [0.15, 0.2) is 0 Å². The van der Waals surface area contributed by atoms with E-state index >= 15 is 0 Å². The zero-order chi connectivity index (χ0) is 17.8. The number of thioether (sulfide) groups is 1. The summed E-state index contributed by atoms with van der Waals surface area (Å²) in [6.07, 6.45) is 4.97. The first-order valence-corrected chi connectivity index (χ1v) is 8.67. The average molecular weight is 358 g/mol. The van der Waals surface area contributed by atoms with E-state index in [2.05, 4.69) is 25.6 Å². The Balaban J connectivity index is 1.64. The maximum Gasteiger partial charge on any atom is 0.277 e. The van der Waals surface area contributed by atoms with Gasteiger partial charge in [-0.15, -0.1) is 10.2 Å². The SMILES string of the molecule is CC(C)n1nccc1NC(=O)[C@@H](C)Sc1nnc(-c2cccnc2)o1. The smallest absolute Gasteiger partial charge is 0.277 e. The molecule has 3 rings (SSSR count). The second kappa shape index (κ2) is 7.47. The van der Waals surface area contributed by atoms with E-state index in [4.69, 9.17) is 4.42 Å². The number of hydrogen-bond acceptors (Lipinski definition) is 7. The minimum atomic E-state index is -0.405. The Labute approximate surface area is 149 Å². The first-order chi connectivity index (χ1) is 12.0. The molecule has 3 aromatic heterocycles. The number of pyridine rings is 1. The van der Waals surface area contributed by atoms with Crippen molar-refractivity contribution in [3.05, 3.63) is 36.8 Å². The van der Waals surface area contributed by atoms with E-state index in [0.717, 1.165) is 5.56 Å². The van der Waals surface area contributed by atoms with Gasteiger partial charge in [0.1, 0.15) is 5.82 Å². The molecule has 0 aromatic carbocycles. The zero-order valence-electron chi connectivity index (χ0n) is 14.1. The molecule has 0 spiro atoms. The number of nitrogens with one attached hydrogen (secondary N) is 1. The minimum absolute atomic E-state index is 0.159. The zero-order valence-corrected chi connectivity index (χ0v) is 14.9. The molecule has 1 atom stereocenters. The lowest BCUT2D eigenvalue weighted by atomic mass is 10.3. The van der Waals surface area contributed by atoms with Crippen molar-refractivity contribution in [1.29, 1.82) is 0 Å². The maximum absolute atomic E-state index is 12.4. The van der Waals surface area contributed by atoms with Gasteiger partial charge in [-0.3, -0.25) is 9.78 Å². The Hall–Kier alpha value is -2.68. The lowest BCUT2D eigenvalue weighted by Gasteiger charge is -2.13. The van der Waals surface area contributed by atoms with Crippen LogP contribution in [0.2, 0.25) is 0 Å². The predicted octanol–water partition coefficient (Wildman–Crippen LogP) is 3.03. The fourth-order valence-electron chi connectivity index (χ4n) is 2.12. The van der Waals surface area contributed by atoms with Gasteiger partial charge >= 0.3 is 0 Å². The van der Waals surface area contributed by atoms with Gasteiger partial charge in [-0.1, -0.05) is 11.8 Å². The second-order valence-electron chi connectivity index (χ2n) is 5.62. The predicted molar refractivity (Wildman–Crippen MR) is 94.1 cm³/mol. The fourth-order valence-corrected chi connectivity index (χ4v) is 2.80. The molecule has 9 heteroatoms. The molecule has 0 aliphatic carbocycles. The second-order valence-corrected chi connectivity index (χ2v) is 6.91. The van der Waals surface area contributed by atoms with Crippen LogP contribution in [0.4, 0.5) is 5.82 Å². The molecule has 130 valence electrons. The van der Waals surface area contributed by atoms with Crippen LogP contribution in [0.25, 0.3) is 11.5 Å². The van der Waals surface area contributed by atoms with Gasteiger partial charge < -0.3 is 9.73 Å². The van der Waals surface area contributed by atoms with Crippen molar-refractivity contribution in [1.82, 2.24) is 25.0 Å². The molecular formula is C16H18N6O2S. The molecule has 1 amide bonds. The van der Waals surface area contributed by atoms with Gasteiger partial charge in [0, 0.05) is 24.5 Å². The van der Waals surface area contributed by atoms with Crippen molar-refractivity contribution in [2.24, 2.45) is 0 Å². The standard InChI is InChI=1S/C16H18N6O2S/c1-10(2)22-13(6-8-18-22)19-14(23)11(3)25-16-21-20-15(24-16)12-5-4-7-17-9-12/h4-11H,1-3H3,(H,19,23)/t11-/m1/s1. The average Bonchev–Trinajstić information content (AvgIpc) is 3.25. The summed E-state index contributed by atoms with van der Waals surface area (Å²) in [5, 5.41) is 15.0. The lowest BCUT2D eigenvalue weighted by Crippen LogP contribution is -2.24. The number of anilines is 1. The summed E-state index contributed by atoms with van der Waals surface area (Å²) in [7, 11) is 0. The van der Waals surface area contributed by atoms with Crippen molar-refractivity contribution in [3.63, 3.8) is 0 Å². The number of carbonyl (C=O) groups excluding carboxylic acids is 1. The highest BCUT2D eigenvalue weighted by molar-refractivity contribution is 8.00. The number of hydrogen-bond donors (Lipinski definition) is 1. The fraction of sp³-hybridized carbons (Fsp3) is 0.312. The third-order valence-electron chi connectivity index (χ3n) is 3.37. The minimum Gasteiger partial charge on any atom is -0.411 e. The number of amides is 1. The van der Waals surface area contributed by atoms with Crippen molar-refractivity contribution in [2.45, 2.75) is 37.3 Å². The largest absolute Gasteiger partial charge is 0.411 e. The highest BCUT2D eigenvalue weighted by Crippen LogP contribution is 2.26. The molecule has 0 saturated carbocycles. The van der Waals surface area contributed by atoms with E-state index in [1.54, 1.807) is 42.3 Å². The van der Waals surface area contributed by atoms with E-state index < -0.39 is 5.25 Å². The molecular weight excluding hydrogens is 340 g/mol. The monoisotopic (exact) mass is 358 g/mol. The molecule has 0 aliphatic rings. The molecule has 0 bridgehead atoms. The van der Waals surface area contributed by atoms with Crippen LogP contribution in [-0.2, 0) is 4.79 Å². The Morgan fingerprint density at radius 2 is 2.08 bits per heavy atom. The number of aromatic nitrogens is 5. The van der Waals surface area contributed by atoms with Gasteiger partial charge in [-0.2, -0.15) is 5.10 Å². The number of carbonyl (C=O) groups is 1. The first-order valence-electron chi connectivity index (χ1n) is 7.79. The molecule has 0 fully saturated rings. The van der Waals surface area contributed by atoms with Crippen LogP contribution in [0.3, 0.4) is 0 Å². The third kappa shape index (κ3) is 4.05. The van der Waals surface area contributed by atoms with E-state index in [1.165, 1.54) is 11.8 Å². The molecule has 0 radical (unpaired) electrons. The van der Waals surface area contributed by atoms with Crippen LogP contribution < -0.4 is 5.32 Å². The van der Waals surface area contributed by atoms with Crippen molar-refractivity contribution in [3.8, 4) is 11.5 Å². The Morgan fingerprint density at radius 1 is 1.24 bits per heavy atom. The van der Waals surface area contributed by atoms with Crippen LogP contribution in [0.1, 0.15) is 26.8 Å². The molecule has 3 aromatic rings. The summed E-state index contributed by atoms with van der Waals surface area (Å²) in [4.78, 5) is 16.4. The summed E-state index contributed by atoms with van der Waals surface area (Å²) in [5.41, 5.74) is 0.736. The van der Waals surface area contributed by atoms with Crippen molar-refractivity contribution >= 4 is 23.5 Å². The number of rotatable bonds is 6. The molecule has 1 N–H and O–H groups in total. The van der Waals surface area contributed by atoms with Crippen LogP contribution in [0, 0.1) is 0 Å². The van der Waals surface area contributed by atoms with Gasteiger partial charge in [0.2, 0.25) is 11.8 Å². The summed E-state index contributed by atoms with van der Waals surface area (Å²) in [6, 6.07) is 5.55. The maximum atomic E-state index is 12.4. The van der Waals surface area contributed by atoms with E-state index in [1.807, 2.05) is 19.9 Å². The molecule has 0 aliphatic heterocycles. The summed E-state index contributed by atoms with van der Waals surface area (Å²) in [5.74, 6) is 0.878. The van der Waals surface area contributed by atoms with E-state index in [9.17, 15) is 4.79 Å². The molecule has 8 nitrogen and oxygen atoms in total. The van der Waals surface area contributed by atoms with Crippen LogP contribution in [0.15, 0.2) is 46.4 Å². The first kappa shape index (κ1) is 17.2. The summed E-state index contributed by atoms with van der Waals surface area (Å²) < 4.78 is 7.34. The van der Waals surface area contributed by atoms with Gasteiger partial charge in [-0.25, -0.2) is 4.68 Å². The quantitative estimate of drug-likeness (QED) is 0.676. The van der Waals surface area contributed by atoms with Gasteiger partial charge in [-0.05, 0) is 32.9 Å². The van der Waals surface area contributed by atoms with E-state index in [0.29, 0.717) is 16.9 Å².